The molecule has 0 heterocycles. The average Bonchev–Trinajstić information content (AvgIpc) is 2.30. The highest BCUT2D eigenvalue weighted by molar-refractivity contribution is 5.95. The van der Waals surface area contributed by atoms with E-state index in [-0.39, 0.29) is 5.41 Å². The fraction of sp³-hybridized carbons (Fsp3) is 0.231. The quantitative estimate of drug-likeness (QED) is 0.556. The van der Waals surface area contributed by atoms with Gasteiger partial charge in [-0.1, -0.05) is 51.3 Å². The van der Waals surface area contributed by atoms with Crippen molar-refractivity contribution in [2.75, 3.05) is 0 Å². The van der Waals surface area contributed by atoms with Crippen LogP contribution in [0, 0.1) is 5.41 Å². The Morgan fingerprint density at radius 1 is 0.923 bits per heavy atom. The minimum absolute atomic E-state index is 0.0314. The molecule has 1 aromatic carbocycles. The Hall–Kier alpha value is -1.30. The zero-order valence-corrected chi connectivity index (χ0v) is 8.22. The maximum absolute atomic E-state index is 4.14. The molecule has 0 saturated carbocycles. The second kappa shape index (κ2) is 2.35. The molecule has 0 saturated heterocycles. The molecular weight excluding hydrogens is 156 g/mol. The van der Waals surface area contributed by atoms with Crippen molar-refractivity contribution in [3.05, 3.63) is 48.6 Å². The second-order valence-electron chi connectivity index (χ2n) is 4.13. The van der Waals surface area contributed by atoms with Crippen molar-refractivity contribution in [1.82, 2.24) is 0 Å². The molecule has 0 fully saturated rings. The first kappa shape index (κ1) is 8.31. The number of hydrogen-bond acceptors (Lipinski definition) is 0. The zero-order valence-electron chi connectivity index (χ0n) is 8.22. The van der Waals surface area contributed by atoms with Gasteiger partial charge in [-0.2, -0.15) is 0 Å². The highest BCUT2D eigenvalue weighted by Gasteiger charge is 2.35. The van der Waals surface area contributed by atoms with E-state index in [1.165, 1.54) is 22.3 Å². The van der Waals surface area contributed by atoms with Gasteiger partial charge in [0.25, 0.3) is 0 Å². The van der Waals surface area contributed by atoms with Crippen LogP contribution in [0.1, 0.15) is 25.0 Å². The summed E-state index contributed by atoms with van der Waals surface area (Å²) in [5.41, 5.74) is 4.93. The Morgan fingerprint density at radius 3 is 1.69 bits per heavy atom. The van der Waals surface area contributed by atoms with Gasteiger partial charge in [-0.15, -0.1) is 0 Å². The third-order valence-electron chi connectivity index (χ3n) is 3.09. The fourth-order valence-corrected chi connectivity index (χ4v) is 1.86. The lowest BCUT2D eigenvalue weighted by Crippen LogP contribution is -2.06. The second-order valence-corrected chi connectivity index (χ2v) is 4.13. The van der Waals surface area contributed by atoms with Crippen molar-refractivity contribution < 1.29 is 0 Å². The van der Waals surface area contributed by atoms with Gasteiger partial charge in [0.1, 0.15) is 0 Å². The van der Waals surface area contributed by atoms with Crippen molar-refractivity contribution in [1.29, 1.82) is 0 Å². The predicted octanol–water partition coefficient (Wildman–Crippen LogP) is 3.75. The SMILES string of the molecule is C=C1c2ccccc2C(=C)C1(C)C. The Morgan fingerprint density at radius 2 is 1.31 bits per heavy atom. The molecule has 0 N–H and O–H groups in total. The molecule has 13 heavy (non-hydrogen) atoms. The van der Waals surface area contributed by atoms with Crippen LogP contribution in [0.4, 0.5) is 0 Å². The highest BCUT2D eigenvalue weighted by atomic mass is 14.4. The molecule has 0 bridgehead atoms. The summed E-state index contributed by atoms with van der Waals surface area (Å²) in [7, 11) is 0. The van der Waals surface area contributed by atoms with E-state index in [4.69, 9.17) is 0 Å². The summed E-state index contributed by atoms with van der Waals surface area (Å²) >= 11 is 0. The van der Waals surface area contributed by atoms with Crippen LogP contribution in [0.2, 0.25) is 0 Å². The Kier molecular flexibility index (Phi) is 1.50. The lowest BCUT2D eigenvalue weighted by atomic mass is 9.83. The van der Waals surface area contributed by atoms with E-state index >= 15 is 0 Å². The molecule has 2 rings (SSSR count). The van der Waals surface area contributed by atoms with E-state index in [2.05, 4.69) is 51.3 Å². The largest absolute Gasteiger partial charge is 0.0943 e. The van der Waals surface area contributed by atoms with Gasteiger partial charge in [0.05, 0.1) is 0 Å². The first-order chi connectivity index (χ1) is 6.05. The maximum atomic E-state index is 4.14. The minimum atomic E-state index is 0.0314. The molecule has 1 aliphatic rings. The molecule has 0 nitrogen and oxygen atoms in total. The van der Waals surface area contributed by atoms with Crippen LogP contribution in [-0.2, 0) is 0 Å². The number of benzene rings is 1. The summed E-state index contributed by atoms with van der Waals surface area (Å²) in [6.07, 6.45) is 0. The Bertz CT molecular complexity index is 357. The molecule has 66 valence electrons. The Labute approximate surface area is 79.6 Å². The monoisotopic (exact) mass is 170 g/mol. The maximum Gasteiger partial charge on any atom is 0.0147 e. The minimum Gasteiger partial charge on any atom is -0.0943 e. The van der Waals surface area contributed by atoms with E-state index < -0.39 is 0 Å². The molecule has 1 aliphatic carbocycles. The number of fused-ring (bicyclic) bond motifs is 1. The third-order valence-corrected chi connectivity index (χ3v) is 3.09. The van der Waals surface area contributed by atoms with E-state index in [9.17, 15) is 0 Å². The van der Waals surface area contributed by atoms with E-state index in [0.29, 0.717) is 0 Å². The standard InChI is InChI=1S/C13H14/c1-9-11-7-5-6-8-12(11)10(2)13(9,3)4/h5-8H,1-2H2,3-4H3. The molecular formula is C13H14. The molecule has 0 heteroatoms. The van der Waals surface area contributed by atoms with Crippen LogP contribution in [0.15, 0.2) is 37.4 Å². The van der Waals surface area contributed by atoms with Crippen molar-refractivity contribution in [2.45, 2.75) is 13.8 Å². The first-order valence-corrected chi connectivity index (χ1v) is 4.53. The summed E-state index contributed by atoms with van der Waals surface area (Å²) in [4.78, 5) is 0. The van der Waals surface area contributed by atoms with E-state index in [1.54, 1.807) is 0 Å². The van der Waals surface area contributed by atoms with Crippen molar-refractivity contribution >= 4 is 11.1 Å². The molecule has 0 aromatic heterocycles. The Balaban J connectivity index is 2.71. The lowest BCUT2D eigenvalue weighted by Gasteiger charge is -2.20. The zero-order chi connectivity index (χ0) is 9.64. The van der Waals surface area contributed by atoms with Crippen LogP contribution in [0.25, 0.3) is 11.1 Å². The van der Waals surface area contributed by atoms with Gasteiger partial charge in [-0.25, -0.2) is 0 Å². The van der Waals surface area contributed by atoms with Gasteiger partial charge >= 0.3 is 0 Å². The molecule has 1 aromatic rings. The molecule has 0 radical (unpaired) electrons. The normalized spacial score (nSPS) is 18.9. The van der Waals surface area contributed by atoms with Crippen molar-refractivity contribution in [2.24, 2.45) is 5.41 Å². The third kappa shape index (κ3) is 0.918. The predicted molar refractivity (Wildman–Crippen MR) is 58.3 cm³/mol. The summed E-state index contributed by atoms with van der Waals surface area (Å²) in [6.45, 7) is 12.6. The van der Waals surface area contributed by atoms with Crippen LogP contribution in [-0.4, -0.2) is 0 Å². The first-order valence-electron chi connectivity index (χ1n) is 4.53. The fourth-order valence-electron chi connectivity index (χ4n) is 1.86. The van der Waals surface area contributed by atoms with E-state index in [0.717, 1.165) is 0 Å². The molecule has 0 aliphatic heterocycles. The average molecular weight is 170 g/mol. The van der Waals surface area contributed by atoms with Gasteiger partial charge in [-0.3, -0.25) is 0 Å². The molecule has 0 atom stereocenters. The highest BCUT2D eigenvalue weighted by Crippen LogP contribution is 2.51. The van der Waals surface area contributed by atoms with Crippen LogP contribution in [0.3, 0.4) is 0 Å². The van der Waals surface area contributed by atoms with Gasteiger partial charge in [0, 0.05) is 5.41 Å². The van der Waals surface area contributed by atoms with Crippen LogP contribution >= 0.6 is 0 Å². The van der Waals surface area contributed by atoms with Crippen LogP contribution < -0.4 is 0 Å². The van der Waals surface area contributed by atoms with Gasteiger partial charge < -0.3 is 0 Å². The number of rotatable bonds is 0. The topological polar surface area (TPSA) is 0 Å². The van der Waals surface area contributed by atoms with Gasteiger partial charge in [-0.05, 0) is 22.3 Å². The summed E-state index contributed by atoms with van der Waals surface area (Å²) in [5, 5.41) is 0. The van der Waals surface area contributed by atoms with Crippen molar-refractivity contribution in [3.63, 3.8) is 0 Å². The number of hydrogen-bond donors (Lipinski definition) is 0. The van der Waals surface area contributed by atoms with Gasteiger partial charge in [0.15, 0.2) is 0 Å². The molecule has 0 spiro atoms. The molecule has 0 unspecified atom stereocenters. The summed E-state index contributed by atoms with van der Waals surface area (Å²) in [6, 6.07) is 8.35. The summed E-state index contributed by atoms with van der Waals surface area (Å²) in [5.74, 6) is 0. The lowest BCUT2D eigenvalue weighted by molar-refractivity contribution is 0.693. The summed E-state index contributed by atoms with van der Waals surface area (Å²) < 4.78 is 0. The smallest absolute Gasteiger partial charge is 0.0147 e. The van der Waals surface area contributed by atoms with Crippen molar-refractivity contribution in [3.8, 4) is 0 Å². The van der Waals surface area contributed by atoms with Gasteiger partial charge in [0.2, 0.25) is 0 Å². The number of allylic oxidation sites excluding steroid dienone is 2. The van der Waals surface area contributed by atoms with Crippen LogP contribution in [0.5, 0.6) is 0 Å². The molecule has 0 amide bonds. The van der Waals surface area contributed by atoms with E-state index in [1.807, 2.05) is 0 Å².